The Labute approximate surface area is 96.1 Å². The van der Waals surface area contributed by atoms with Crippen molar-refractivity contribution in [3.05, 3.63) is 23.3 Å². The maximum Gasteiger partial charge on any atom is 0.420 e. The van der Waals surface area contributed by atoms with Gasteiger partial charge in [-0.15, -0.1) is 0 Å². The molecule has 0 aliphatic rings. The summed E-state index contributed by atoms with van der Waals surface area (Å²) >= 11 is 0. The van der Waals surface area contributed by atoms with Crippen LogP contribution >= 0.6 is 0 Å². The van der Waals surface area contributed by atoms with Crippen molar-refractivity contribution in [2.24, 2.45) is 0 Å². The minimum Gasteiger partial charge on any atom is -0.493 e. The monoisotopic (exact) mass is 248 g/mol. The van der Waals surface area contributed by atoms with Crippen molar-refractivity contribution in [1.82, 2.24) is 0 Å². The summed E-state index contributed by atoms with van der Waals surface area (Å²) < 4.78 is 48.0. The fraction of sp³-hybridized carbons (Fsp3) is 0.364. The molecule has 1 rings (SSSR count). The first-order chi connectivity index (χ1) is 7.93. The molecule has 3 nitrogen and oxygen atoms in total. The van der Waals surface area contributed by atoms with Gasteiger partial charge in [-0.25, -0.2) is 0 Å². The van der Waals surface area contributed by atoms with E-state index in [1.165, 1.54) is 13.2 Å². The van der Waals surface area contributed by atoms with E-state index in [4.69, 9.17) is 9.47 Å². The van der Waals surface area contributed by atoms with Gasteiger partial charge in [-0.2, -0.15) is 13.2 Å². The predicted molar refractivity (Wildman–Crippen MR) is 54.6 cm³/mol. The SMILES string of the molecule is CCOc1c(OC)cc(C=O)cc1C(F)(F)F. The van der Waals surface area contributed by atoms with Crippen molar-refractivity contribution in [2.75, 3.05) is 13.7 Å². The number of alkyl halides is 3. The van der Waals surface area contributed by atoms with Crippen LogP contribution in [-0.2, 0) is 6.18 Å². The summed E-state index contributed by atoms with van der Waals surface area (Å²) in [5, 5.41) is 0. The van der Waals surface area contributed by atoms with Crippen molar-refractivity contribution in [3.8, 4) is 11.5 Å². The zero-order valence-electron chi connectivity index (χ0n) is 9.30. The molecule has 0 heterocycles. The second-order valence-electron chi connectivity index (χ2n) is 3.15. The summed E-state index contributed by atoms with van der Waals surface area (Å²) in [5.74, 6) is -0.503. The van der Waals surface area contributed by atoms with Crippen LogP contribution in [0.2, 0.25) is 0 Å². The third-order valence-electron chi connectivity index (χ3n) is 2.03. The van der Waals surface area contributed by atoms with Crippen molar-refractivity contribution < 1.29 is 27.4 Å². The van der Waals surface area contributed by atoms with Crippen molar-refractivity contribution in [2.45, 2.75) is 13.1 Å². The molecule has 0 fully saturated rings. The molecule has 0 aliphatic carbocycles. The number of carbonyl (C=O) groups excluding carboxylic acids is 1. The Bertz CT molecular complexity index is 413. The van der Waals surface area contributed by atoms with Gasteiger partial charge in [0.05, 0.1) is 13.7 Å². The average molecular weight is 248 g/mol. The fourth-order valence-corrected chi connectivity index (χ4v) is 1.35. The van der Waals surface area contributed by atoms with Crippen LogP contribution < -0.4 is 9.47 Å². The Morgan fingerprint density at radius 3 is 2.41 bits per heavy atom. The van der Waals surface area contributed by atoms with Crippen LogP contribution in [0.3, 0.4) is 0 Å². The molecule has 0 saturated carbocycles. The summed E-state index contributed by atoms with van der Waals surface area (Å²) in [7, 11) is 1.21. The predicted octanol–water partition coefficient (Wildman–Crippen LogP) is 2.93. The molecule has 0 radical (unpaired) electrons. The number of hydrogen-bond donors (Lipinski definition) is 0. The second-order valence-corrected chi connectivity index (χ2v) is 3.15. The van der Waals surface area contributed by atoms with E-state index in [0.29, 0.717) is 6.29 Å². The minimum atomic E-state index is -4.60. The van der Waals surface area contributed by atoms with E-state index in [-0.39, 0.29) is 17.9 Å². The number of hydrogen-bond acceptors (Lipinski definition) is 3. The number of halogens is 3. The fourth-order valence-electron chi connectivity index (χ4n) is 1.35. The molecule has 0 aliphatic heterocycles. The van der Waals surface area contributed by atoms with Crippen molar-refractivity contribution in [3.63, 3.8) is 0 Å². The number of benzene rings is 1. The van der Waals surface area contributed by atoms with Crippen LogP contribution in [0, 0.1) is 0 Å². The Morgan fingerprint density at radius 1 is 1.35 bits per heavy atom. The normalized spacial score (nSPS) is 11.1. The highest BCUT2D eigenvalue weighted by molar-refractivity contribution is 5.77. The Balaban J connectivity index is 3.46. The first-order valence-corrected chi connectivity index (χ1v) is 4.81. The smallest absolute Gasteiger partial charge is 0.420 e. The lowest BCUT2D eigenvalue weighted by atomic mass is 10.1. The molecule has 1 aromatic rings. The van der Waals surface area contributed by atoms with E-state index in [1.54, 1.807) is 6.92 Å². The lowest BCUT2D eigenvalue weighted by molar-refractivity contribution is -0.139. The summed E-state index contributed by atoms with van der Waals surface area (Å²) in [6.07, 6.45) is -4.27. The third-order valence-corrected chi connectivity index (χ3v) is 2.03. The van der Waals surface area contributed by atoms with E-state index in [2.05, 4.69) is 0 Å². The first kappa shape index (κ1) is 13.3. The van der Waals surface area contributed by atoms with Gasteiger partial charge in [0, 0.05) is 5.56 Å². The van der Waals surface area contributed by atoms with Crippen LogP contribution in [0.15, 0.2) is 12.1 Å². The molecule has 0 atom stereocenters. The van der Waals surface area contributed by atoms with Gasteiger partial charge in [0.25, 0.3) is 0 Å². The van der Waals surface area contributed by atoms with Gasteiger partial charge in [-0.1, -0.05) is 0 Å². The summed E-state index contributed by atoms with van der Waals surface area (Å²) in [5.41, 5.74) is -1.13. The summed E-state index contributed by atoms with van der Waals surface area (Å²) in [6.45, 7) is 1.63. The first-order valence-electron chi connectivity index (χ1n) is 4.81. The zero-order chi connectivity index (χ0) is 13.1. The van der Waals surface area contributed by atoms with Gasteiger partial charge in [0.1, 0.15) is 11.8 Å². The molecule has 0 saturated heterocycles. The van der Waals surface area contributed by atoms with E-state index in [9.17, 15) is 18.0 Å². The standard InChI is InChI=1S/C11H11F3O3/c1-3-17-10-8(11(12,13)14)4-7(6-15)5-9(10)16-2/h4-6H,3H2,1-2H3. The number of rotatable bonds is 4. The average Bonchev–Trinajstić information content (AvgIpc) is 2.28. The maximum atomic E-state index is 12.8. The maximum absolute atomic E-state index is 12.8. The van der Waals surface area contributed by atoms with Gasteiger partial charge < -0.3 is 9.47 Å². The van der Waals surface area contributed by atoms with Crippen molar-refractivity contribution in [1.29, 1.82) is 0 Å². The highest BCUT2D eigenvalue weighted by Crippen LogP contribution is 2.42. The molecule has 0 aromatic heterocycles. The molecular weight excluding hydrogens is 237 g/mol. The van der Waals surface area contributed by atoms with Gasteiger partial charge in [0.2, 0.25) is 0 Å². The molecule has 0 unspecified atom stereocenters. The quantitative estimate of drug-likeness (QED) is 0.768. The van der Waals surface area contributed by atoms with Crippen LogP contribution in [0.25, 0.3) is 0 Å². The summed E-state index contributed by atoms with van der Waals surface area (Å²) in [4.78, 5) is 10.6. The van der Waals surface area contributed by atoms with E-state index < -0.39 is 17.5 Å². The molecule has 17 heavy (non-hydrogen) atoms. The zero-order valence-corrected chi connectivity index (χ0v) is 9.30. The lowest BCUT2D eigenvalue weighted by Gasteiger charge is -2.16. The molecule has 0 amide bonds. The molecule has 94 valence electrons. The van der Waals surface area contributed by atoms with Crippen molar-refractivity contribution >= 4 is 6.29 Å². The second kappa shape index (κ2) is 5.07. The number of aldehydes is 1. The molecule has 0 N–H and O–H groups in total. The van der Waals surface area contributed by atoms with Crippen LogP contribution in [0.4, 0.5) is 13.2 Å². The highest BCUT2D eigenvalue weighted by atomic mass is 19.4. The molecular formula is C11H11F3O3. The largest absolute Gasteiger partial charge is 0.493 e. The summed E-state index contributed by atoms with van der Waals surface area (Å²) in [6, 6.07) is 1.94. The number of ether oxygens (including phenoxy) is 2. The number of methoxy groups -OCH3 is 1. The van der Waals surface area contributed by atoms with Crippen LogP contribution in [0.1, 0.15) is 22.8 Å². The van der Waals surface area contributed by atoms with Gasteiger partial charge >= 0.3 is 6.18 Å². The Hall–Kier alpha value is -1.72. The van der Waals surface area contributed by atoms with Crippen LogP contribution in [0.5, 0.6) is 11.5 Å². The minimum absolute atomic E-state index is 0.0693. The van der Waals surface area contributed by atoms with Gasteiger partial charge in [-0.05, 0) is 19.1 Å². The van der Waals surface area contributed by atoms with E-state index in [1.807, 2.05) is 0 Å². The molecule has 6 heteroatoms. The molecule has 1 aromatic carbocycles. The topological polar surface area (TPSA) is 35.5 Å². The molecule has 0 bridgehead atoms. The van der Waals surface area contributed by atoms with Crippen LogP contribution in [-0.4, -0.2) is 20.0 Å². The third kappa shape index (κ3) is 2.89. The van der Waals surface area contributed by atoms with E-state index in [0.717, 1.165) is 6.07 Å². The lowest BCUT2D eigenvalue weighted by Crippen LogP contribution is -2.10. The number of carbonyl (C=O) groups is 1. The Morgan fingerprint density at radius 2 is 2.00 bits per heavy atom. The van der Waals surface area contributed by atoms with Gasteiger partial charge in [0.15, 0.2) is 11.5 Å². The van der Waals surface area contributed by atoms with Gasteiger partial charge in [-0.3, -0.25) is 4.79 Å². The molecule has 0 spiro atoms. The Kier molecular flexibility index (Phi) is 3.98. The van der Waals surface area contributed by atoms with E-state index >= 15 is 0 Å². The highest BCUT2D eigenvalue weighted by Gasteiger charge is 2.36.